The van der Waals surface area contributed by atoms with Gasteiger partial charge in [0.2, 0.25) is 5.91 Å². The SMILES string of the molecule is CN(C(=O)CC#N)c1ccc(C(=O)O)cc1. The van der Waals surface area contributed by atoms with E-state index in [-0.39, 0.29) is 17.9 Å². The van der Waals surface area contributed by atoms with E-state index in [1.807, 2.05) is 0 Å². The zero-order valence-corrected chi connectivity index (χ0v) is 8.67. The molecule has 1 amide bonds. The van der Waals surface area contributed by atoms with Gasteiger partial charge in [-0.3, -0.25) is 4.79 Å². The summed E-state index contributed by atoms with van der Waals surface area (Å²) in [5.74, 6) is -1.34. The minimum atomic E-state index is -1.02. The highest BCUT2D eigenvalue weighted by Gasteiger charge is 2.10. The molecule has 0 fully saturated rings. The van der Waals surface area contributed by atoms with E-state index >= 15 is 0 Å². The fourth-order valence-electron chi connectivity index (χ4n) is 1.16. The number of nitrogens with zero attached hydrogens (tertiary/aromatic N) is 2. The van der Waals surface area contributed by atoms with Crippen LogP contribution in [0.1, 0.15) is 16.8 Å². The molecular weight excluding hydrogens is 208 g/mol. The van der Waals surface area contributed by atoms with E-state index in [0.717, 1.165) is 0 Å². The number of carboxylic acid groups (broad SMARTS) is 1. The van der Waals surface area contributed by atoms with Crippen molar-refractivity contribution < 1.29 is 14.7 Å². The van der Waals surface area contributed by atoms with Crippen molar-refractivity contribution in [2.75, 3.05) is 11.9 Å². The summed E-state index contributed by atoms with van der Waals surface area (Å²) >= 11 is 0. The second kappa shape index (κ2) is 4.94. The van der Waals surface area contributed by atoms with Crippen LogP contribution in [-0.2, 0) is 4.79 Å². The Morgan fingerprint density at radius 1 is 1.38 bits per heavy atom. The van der Waals surface area contributed by atoms with Gasteiger partial charge in [0.1, 0.15) is 6.42 Å². The van der Waals surface area contributed by atoms with Crippen molar-refractivity contribution in [1.82, 2.24) is 0 Å². The number of rotatable bonds is 3. The molecule has 16 heavy (non-hydrogen) atoms. The quantitative estimate of drug-likeness (QED) is 0.828. The van der Waals surface area contributed by atoms with Crippen molar-refractivity contribution in [3.8, 4) is 6.07 Å². The van der Waals surface area contributed by atoms with Crippen LogP contribution in [0, 0.1) is 11.3 Å². The van der Waals surface area contributed by atoms with Crippen molar-refractivity contribution in [3.63, 3.8) is 0 Å². The lowest BCUT2D eigenvalue weighted by Crippen LogP contribution is -2.25. The van der Waals surface area contributed by atoms with Gasteiger partial charge < -0.3 is 10.0 Å². The van der Waals surface area contributed by atoms with E-state index in [1.165, 1.54) is 36.2 Å². The first kappa shape index (κ1) is 11.7. The fourth-order valence-corrected chi connectivity index (χ4v) is 1.16. The second-order valence-corrected chi connectivity index (χ2v) is 3.14. The number of benzene rings is 1. The van der Waals surface area contributed by atoms with Crippen LogP contribution in [0.25, 0.3) is 0 Å². The Bertz CT molecular complexity index is 445. The minimum Gasteiger partial charge on any atom is -0.478 e. The van der Waals surface area contributed by atoms with Crippen LogP contribution in [0.5, 0.6) is 0 Å². The molecule has 0 radical (unpaired) electrons. The third-order valence-electron chi connectivity index (χ3n) is 2.11. The van der Waals surface area contributed by atoms with Gasteiger partial charge in [-0.2, -0.15) is 5.26 Å². The maximum Gasteiger partial charge on any atom is 0.335 e. The van der Waals surface area contributed by atoms with E-state index in [2.05, 4.69) is 0 Å². The first-order chi connectivity index (χ1) is 7.56. The fraction of sp³-hybridized carbons (Fsp3) is 0.182. The number of anilines is 1. The molecule has 1 rings (SSSR count). The lowest BCUT2D eigenvalue weighted by Gasteiger charge is -2.15. The van der Waals surface area contributed by atoms with E-state index in [9.17, 15) is 9.59 Å². The van der Waals surface area contributed by atoms with Gasteiger partial charge in [0.25, 0.3) is 0 Å². The third-order valence-corrected chi connectivity index (χ3v) is 2.11. The summed E-state index contributed by atoms with van der Waals surface area (Å²) in [5.41, 5.74) is 0.718. The first-order valence-electron chi connectivity index (χ1n) is 4.53. The van der Waals surface area contributed by atoms with Gasteiger partial charge in [0.15, 0.2) is 0 Å². The maximum absolute atomic E-state index is 11.3. The highest BCUT2D eigenvalue weighted by atomic mass is 16.4. The van der Waals surface area contributed by atoms with Crippen LogP contribution in [0.4, 0.5) is 5.69 Å². The molecule has 82 valence electrons. The van der Waals surface area contributed by atoms with Gasteiger partial charge in [0.05, 0.1) is 11.6 Å². The second-order valence-electron chi connectivity index (χ2n) is 3.14. The Labute approximate surface area is 92.5 Å². The molecule has 0 saturated carbocycles. The molecule has 0 atom stereocenters. The number of aromatic carboxylic acids is 1. The van der Waals surface area contributed by atoms with Crippen LogP contribution >= 0.6 is 0 Å². The molecule has 0 aromatic heterocycles. The van der Waals surface area contributed by atoms with Gasteiger partial charge >= 0.3 is 5.97 Å². The smallest absolute Gasteiger partial charge is 0.335 e. The number of carbonyl (C=O) groups excluding carboxylic acids is 1. The highest BCUT2D eigenvalue weighted by molar-refractivity contribution is 5.95. The molecule has 5 heteroatoms. The standard InChI is InChI=1S/C11H10N2O3/c1-13(10(14)6-7-12)9-4-2-8(3-5-9)11(15)16/h2-5H,6H2,1H3,(H,15,16). The van der Waals surface area contributed by atoms with E-state index in [4.69, 9.17) is 10.4 Å². The topological polar surface area (TPSA) is 81.4 Å². The summed E-state index contributed by atoms with van der Waals surface area (Å²) in [6, 6.07) is 7.64. The number of hydrogen-bond donors (Lipinski definition) is 1. The molecule has 0 spiro atoms. The van der Waals surface area contributed by atoms with Crippen molar-refractivity contribution in [2.45, 2.75) is 6.42 Å². The van der Waals surface area contributed by atoms with Crippen LogP contribution in [0.3, 0.4) is 0 Å². The van der Waals surface area contributed by atoms with Crippen LogP contribution < -0.4 is 4.90 Å². The average molecular weight is 218 g/mol. The molecule has 0 aliphatic heterocycles. The van der Waals surface area contributed by atoms with Gasteiger partial charge in [-0.15, -0.1) is 0 Å². The number of carbonyl (C=O) groups is 2. The molecule has 1 aromatic carbocycles. The predicted octanol–water partition coefficient (Wildman–Crippen LogP) is 1.26. The zero-order chi connectivity index (χ0) is 12.1. The highest BCUT2D eigenvalue weighted by Crippen LogP contribution is 2.14. The maximum atomic E-state index is 11.3. The Balaban J connectivity index is 2.86. The molecule has 5 nitrogen and oxygen atoms in total. The Morgan fingerprint density at radius 3 is 2.38 bits per heavy atom. The third kappa shape index (κ3) is 2.58. The molecular formula is C11H10N2O3. The molecule has 0 saturated heterocycles. The summed E-state index contributed by atoms with van der Waals surface area (Å²) in [6.07, 6.45) is -0.197. The van der Waals surface area contributed by atoms with Gasteiger partial charge in [-0.1, -0.05) is 0 Å². The molecule has 1 aromatic rings. The number of carboxylic acids is 1. The van der Waals surface area contributed by atoms with Crippen molar-refractivity contribution in [2.24, 2.45) is 0 Å². The summed E-state index contributed by atoms with van der Waals surface area (Å²) < 4.78 is 0. The van der Waals surface area contributed by atoms with E-state index < -0.39 is 5.97 Å². The van der Waals surface area contributed by atoms with Crippen LogP contribution in [0.15, 0.2) is 24.3 Å². The first-order valence-corrected chi connectivity index (χ1v) is 4.53. The predicted molar refractivity (Wildman–Crippen MR) is 57.0 cm³/mol. The molecule has 0 aliphatic rings. The lowest BCUT2D eigenvalue weighted by atomic mass is 10.2. The number of hydrogen-bond acceptors (Lipinski definition) is 3. The van der Waals surface area contributed by atoms with Gasteiger partial charge in [0, 0.05) is 12.7 Å². The Hall–Kier alpha value is -2.35. The summed E-state index contributed by atoms with van der Waals surface area (Å²) in [4.78, 5) is 23.3. The molecule has 0 unspecified atom stereocenters. The molecule has 0 aliphatic carbocycles. The largest absolute Gasteiger partial charge is 0.478 e. The van der Waals surface area contributed by atoms with Gasteiger partial charge in [-0.05, 0) is 24.3 Å². The van der Waals surface area contributed by atoms with Crippen molar-refractivity contribution in [1.29, 1.82) is 5.26 Å². The van der Waals surface area contributed by atoms with Gasteiger partial charge in [-0.25, -0.2) is 4.79 Å². The Kier molecular flexibility index (Phi) is 3.62. The lowest BCUT2D eigenvalue weighted by molar-refractivity contribution is -0.117. The van der Waals surface area contributed by atoms with Crippen LogP contribution in [-0.4, -0.2) is 24.0 Å². The normalized spacial score (nSPS) is 9.25. The van der Waals surface area contributed by atoms with Crippen LogP contribution in [0.2, 0.25) is 0 Å². The zero-order valence-electron chi connectivity index (χ0n) is 8.67. The average Bonchev–Trinajstić information content (AvgIpc) is 2.28. The molecule has 0 bridgehead atoms. The van der Waals surface area contributed by atoms with E-state index in [0.29, 0.717) is 5.69 Å². The van der Waals surface area contributed by atoms with Crippen molar-refractivity contribution >= 4 is 17.6 Å². The monoisotopic (exact) mass is 218 g/mol. The summed E-state index contributed by atoms with van der Waals surface area (Å²) in [5, 5.41) is 17.1. The summed E-state index contributed by atoms with van der Waals surface area (Å²) in [6.45, 7) is 0. The van der Waals surface area contributed by atoms with E-state index in [1.54, 1.807) is 6.07 Å². The summed E-state index contributed by atoms with van der Waals surface area (Å²) in [7, 11) is 1.54. The number of nitriles is 1. The Morgan fingerprint density at radius 2 is 1.94 bits per heavy atom. The molecule has 1 N–H and O–H groups in total. The number of amides is 1. The molecule has 0 heterocycles. The minimum absolute atomic E-state index is 0.157. The van der Waals surface area contributed by atoms with Crippen molar-refractivity contribution in [3.05, 3.63) is 29.8 Å².